The standard InChI is InChI=1S/C20H27N3O4/c1-22-12-11-21-19(22)20(24)23(15-7-5-6-8-15)13-14-9-10-16(25-2)18(27-4)17(14)26-3/h9-12,15H,5-8,13H2,1-4H3. The van der Waals surface area contributed by atoms with Crippen LogP contribution in [0.1, 0.15) is 41.9 Å². The van der Waals surface area contributed by atoms with Crippen LogP contribution in [0.25, 0.3) is 0 Å². The van der Waals surface area contributed by atoms with E-state index in [-0.39, 0.29) is 11.9 Å². The van der Waals surface area contributed by atoms with E-state index in [1.54, 1.807) is 38.3 Å². The summed E-state index contributed by atoms with van der Waals surface area (Å²) >= 11 is 0. The van der Waals surface area contributed by atoms with Crippen LogP contribution in [0.2, 0.25) is 0 Å². The highest BCUT2D eigenvalue weighted by atomic mass is 16.5. The third-order valence-corrected chi connectivity index (χ3v) is 5.17. The molecule has 7 nitrogen and oxygen atoms in total. The molecule has 1 aromatic carbocycles. The van der Waals surface area contributed by atoms with E-state index < -0.39 is 0 Å². The minimum absolute atomic E-state index is 0.0637. The fourth-order valence-corrected chi connectivity index (χ4v) is 3.75. The molecular weight excluding hydrogens is 346 g/mol. The van der Waals surface area contributed by atoms with Crippen LogP contribution in [-0.4, -0.2) is 47.7 Å². The molecule has 1 aliphatic rings. The number of aryl methyl sites for hydroxylation is 1. The lowest BCUT2D eigenvalue weighted by Crippen LogP contribution is -2.39. The van der Waals surface area contributed by atoms with E-state index in [2.05, 4.69) is 4.98 Å². The molecule has 0 unspecified atom stereocenters. The fourth-order valence-electron chi connectivity index (χ4n) is 3.75. The Morgan fingerprint density at radius 1 is 1.15 bits per heavy atom. The molecule has 0 N–H and O–H groups in total. The van der Waals surface area contributed by atoms with Gasteiger partial charge in [0, 0.05) is 31.0 Å². The third kappa shape index (κ3) is 3.72. The van der Waals surface area contributed by atoms with Crippen molar-refractivity contribution in [2.75, 3.05) is 21.3 Å². The Balaban J connectivity index is 1.97. The Bertz CT molecular complexity index is 797. The number of hydrogen-bond donors (Lipinski definition) is 0. The number of rotatable bonds is 7. The Morgan fingerprint density at radius 2 is 1.85 bits per heavy atom. The molecule has 2 aromatic rings. The maximum absolute atomic E-state index is 13.2. The second-order valence-electron chi connectivity index (χ2n) is 6.73. The maximum atomic E-state index is 13.2. The second kappa shape index (κ2) is 8.33. The zero-order valence-electron chi connectivity index (χ0n) is 16.4. The number of imidazole rings is 1. The van der Waals surface area contributed by atoms with E-state index in [1.165, 1.54) is 0 Å². The lowest BCUT2D eigenvalue weighted by atomic mass is 10.1. The average Bonchev–Trinajstić information content (AvgIpc) is 3.36. The van der Waals surface area contributed by atoms with Gasteiger partial charge in [-0.25, -0.2) is 4.98 Å². The predicted molar refractivity (Wildman–Crippen MR) is 101 cm³/mol. The van der Waals surface area contributed by atoms with Gasteiger partial charge in [-0.15, -0.1) is 0 Å². The molecule has 0 atom stereocenters. The zero-order chi connectivity index (χ0) is 19.4. The van der Waals surface area contributed by atoms with Crippen LogP contribution < -0.4 is 14.2 Å². The SMILES string of the molecule is COc1ccc(CN(C(=O)c2nccn2C)C2CCCC2)c(OC)c1OC. The van der Waals surface area contributed by atoms with Crippen LogP contribution in [0.4, 0.5) is 0 Å². The molecule has 3 rings (SSSR count). The fraction of sp³-hybridized carbons (Fsp3) is 0.500. The quantitative estimate of drug-likeness (QED) is 0.746. The van der Waals surface area contributed by atoms with Gasteiger partial charge in [0.05, 0.1) is 27.9 Å². The summed E-state index contributed by atoms with van der Waals surface area (Å²) in [7, 11) is 6.61. The van der Waals surface area contributed by atoms with Gasteiger partial charge in [-0.05, 0) is 25.0 Å². The Kier molecular flexibility index (Phi) is 5.88. The number of aromatic nitrogens is 2. The van der Waals surface area contributed by atoms with E-state index in [0.29, 0.717) is 29.6 Å². The molecule has 1 saturated carbocycles. The van der Waals surface area contributed by atoms with Gasteiger partial charge in [0.2, 0.25) is 5.75 Å². The molecule has 146 valence electrons. The maximum Gasteiger partial charge on any atom is 0.290 e. The van der Waals surface area contributed by atoms with Crippen molar-refractivity contribution < 1.29 is 19.0 Å². The van der Waals surface area contributed by atoms with Gasteiger partial charge in [0.25, 0.3) is 5.91 Å². The molecule has 1 aromatic heterocycles. The largest absolute Gasteiger partial charge is 0.493 e. The van der Waals surface area contributed by atoms with Crippen LogP contribution in [0.3, 0.4) is 0 Å². The Morgan fingerprint density at radius 3 is 2.41 bits per heavy atom. The summed E-state index contributed by atoms with van der Waals surface area (Å²) in [6.07, 6.45) is 7.72. The first-order valence-electron chi connectivity index (χ1n) is 9.16. The molecule has 27 heavy (non-hydrogen) atoms. The normalized spacial score (nSPS) is 14.2. The van der Waals surface area contributed by atoms with Crippen LogP contribution in [0.5, 0.6) is 17.2 Å². The van der Waals surface area contributed by atoms with E-state index in [9.17, 15) is 4.79 Å². The monoisotopic (exact) mass is 373 g/mol. The van der Waals surface area contributed by atoms with Crippen molar-refractivity contribution in [2.45, 2.75) is 38.3 Å². The van der Waals surface area contributed by atoms with E-state index in [1.807, 2.05) is 24.1 Å². The van der Waals surface area contributed by atoms with Crippen LogP contribution in [0, 0.1) is 0 Å². The number of hydrogen-bond acceptors (Lipinski definition) is 5. The highest BCUT2D eigenvalue weighted by molar-refractivity contribution is 5.91. The first kappa shape index (κ1) is 19.1. The Labute approximate surface area is 159 Å². The lowest BCUT2D eigenvalue weighted by molar-refractivity contribution is 0.0646. The number of carbonyl (C=O) groups is 1. The number of benzene rings is 1. The number of amides is 1. The molecule has 1 heterocycles. The van der Waals surface area contributed by atoms with Crippen molar-refractivity contribution in [2.24, 2.45) is 7.05 Å². The summed E-state index contributed by atoms with van der Waals surface area (Å²) < 4.78 is 18.2. The summed E-state index contributed by atoms with van der Waals surface area (Å²) in [5.74, 6) is 2.11. The number of nitrogens with zero attached hydrogens (tertiary/aromatic N) is 3. The summed E-state index contributed by atoms with van der Waals surface area (Å²) in [6, 6.07) is 3.97. The van der Waals surface area contributed by atoms with Gasteiger partial charge in [-0.2, -0.15) is 0 Å². The van der Waals surface area contributed by atoms with Gasteiger partial charge in [0.15, 0.2) is 17.3 Å². The van der Waals surface area contributed by atoms with Crippen molar-refractivity contribution in [3.63, 3.8) is 0 Å². The second-order valence-corrected chi connectivity index (χ2v) is 6.73. The number of methoxy groups -OCH3 is 3. The highest BCUT2D eigenvalue weighted by Gasteiger charge is 2.31. The summed E-state index contributed by atoms with van der Waals surface area (Å²) in [5.41, 5.74) is 0.879. The first-order chi connectivity index (χ1) is 13.1. The average molecular weight is 373 g/mol. The highest BCUT2D eigenvalue weighted by Crippen LogP contribution is 2.41. The molecule has 1 fully saturated rings. The topological polar surface area (TPSA) is 65.8 Å². The first-order valence-corrected chi connectivity index (χ1v) is 9.16. The van der Waals surface area contributed by atoms with Gasteiger partial charge < -0.3 is 23.7 Å². The third-order valence-electron chi connectivity index (χ3n) is 5.17. The van der Waals surface area contributed by atoms with E-state index >= 15 is 0 Å². The van der Waals surface area contributed by atoms with Crippen molar-refractivity contribution in [3.05, 3.63) is 35.9 Å². The number of ether oxygens (including phenoxy) is 3. The molecule has 0 bridgehead atoms. The van der Waals surface area contributed by atoms with Crippen LogP contribution in [0.15, 0.2) is 24.5 Å². The predicted octanol–water partition coefficient (Wildman–Crippen LogP) is 3.03. The molecular formula is C20H27N3O4. The van der Waals surface area contributed by atoms with Crippen LogP contribution in [-0.2, 0) is 13.6 Å². The molecule has 0 radical (unpaired) electrons. The summed E-state index contributed by atoms with van der Waals surface area (Å²) in [5, 5.41) is 0. The van der Waals surface area contributed by atoms with E-state index in [4.69, 9.17) is 14.2 Å². The van der Waals surface area contributed by atoms with Gasteiger partial charge in [0.1, 0.15) is 0 Å². The molecule has 1 amide bonds. The van der Waals surface area contributed by atoms with Crippen molar-refractivity contribution in [3.8, 4) is 17.2 Å². The number of carbonyl (C=O) groups excluding carboxylic acids is 1. The molecule has 0 spiro atoms. The molecule has 0 saturated heterocycles. The molecule has 0 aliphatic heterocycles. The lowest BCUT2D eigenvalue weighted by Gasteiger charge is -2.29. The zero-order valence-corrected chi connectivity index (χ0v) is 16.4. The minimum Gasteiger partial charge on any atom is -0.493 e. The van der Waals surface area contributed by atoms with Crippen molar-refractivity contribution in [1.29, 1.82) is 0 Å². The molecule has 1 aliphatic carbocycles. The van der Waals surface area contributed by atoms with Crippen molar-refractivity contribution >= 4 is 5.91 Å². The van der Waals surface area contributed by atoms with Gasteiger partial charge in [-0.3, -0.25) is 4.79 Å². The van der Waals surface area contributed by atoms with Crippen LogP contribution >= 0.6 is 0 Å². The molecule has 7 heteroatoms. The summed E-state index contributed by atoms with van der Waals surface area (Å²) in [6.45, 7) is 0.430. The minimum atomic E-state index is -0.0637. The van der Waals surface area contributed by atoms with Crippen molar-refractivity contribution in [1.82, 2.24) is 14.5 Å². The summed E-state index contributed by atoms with van der Waals surface area (Å²) in [4.78, 5) is 19.4. The smallest absolute Gasteiger partial charge is 0.290 e. The van der Waals surface area contributed by atoms with Gasteiger partial charge in [-0.1, -0.05) is 12.8 Å². The van der Waals surface area contributed by atoms with Gasteiger partial charge >= 0.3 is 0 Å². The Hall–Kier alpha value is -2.70. The van der Waals surface area contributed by atoms with E-state index in [0.717, 1.165) is 31.2 Å².